The number of hydrogen-bond donors (Lipinski definition) is 1. The van der Waals surface area contributed by atoms with Crippen LogP contribution in [0.15, 0.2) is 127 Å². The Morgan fingerprint density at radius 1 is 0.486 bits per heavy atom. The number of nitrogens with one attached hydrogen (secondary N) is 1. The van der Waals surface area contributed by atoms with Crippen LogP contribution in [0.25, 0.3) is 11.1 Å². The van der Waals surface area contributed by atoms with Gasteiger partial charge in [-0.05, 0) is 57.6 Å². The van der Waals surface area contributed by atoms with Crippen molar-refractivity contribution in [2.45, 2.75) is 19.4 Å². The van der Waals surface area contributed by atoms with E-state index < -0.39 is 8.24 Å². The van der Waals surface area contributed by atoms with E-state index in [-0.39, 0.29) is 5.54 Å². The zero-order chi connectivity index (χ0) is 23.8. The van der Waals surface area contributed by atoms with Crippen LogP contribution >= 0.6 is 0 Å². The minimum Gasteiger partial charge on any atom is -0.402 e. The lowest BCUT2D eigenvalue weighted by atomic mass is 10.1. The van der Waals surface area contributed by atoms with E-state index in [1.807, 2.05) is 0 Å². The van der Waals surface area contributed by atoms with Crippen molar-refractivity contribution < 1.29 is 0 Å². The fraction of sp³-hybridized carbons (Fsp3) is 0.0909. The highest BCUT2D eigenvalue weighted by atomic mass is 28.3. The molecule has 5 aromatic rings. The maximum atomic E-state index is 4.32. The van der Waals surface area contributed by atoms with Crippen molar-refractivity contribution in [3.05, 3.63) is 150 Å². The Morgan fingerprint density at radius 3 is 1.40 bits per heavy atom. The molecule has 0 saturated carbocycles. The van der Waals surface area contributed by atoms with E-state index >= 15 is 0 Å². The number of anilines is 1. The number of para-hydroxylation sites is 1. The fourth-order valence-electron chi connectivity index (χ4n) is 5.95. The Labute approximate surface area is 209 Å². The molecule has 0 aromatic heterocycles. The number of benzene rings is 5. The molecule has 1 aliphatic carbocycles. The first kappa shape index (κ1) is 21.6. The Kier molecular flexibility index (Phi) is 5.39. The standard InChI is InChI=1S/C33H29NSi/c1-24-14-13-15-25(2)32(24)34-35(26-16-5-3-6-17-26,27-18-7-4-8-19-27)33-30-22-11-9-20-28(30)29-21-10-12-23-31(29)33/h3-23,33-34H,1-2H3. The summed E-state index contributed by atoms with van der Waals surface area (Å²) in [5.74, 6) is 0. The molecule has 5 aromatic carbocycles. The van der Waals surface area contributed by atoms with Crippen LogP contribution in [-0.2, 0) is 0 Å². The van der Waals surface area contributed by atoms with Crippen LogP contribution in [0.2, 0.25) is 0 Å². The Hall–Kier alpha value is -3.88. The van der Waals surface area contributed by atoms with Gasteiger partial charge in [0, 0.05) is 11.2 Å². The zero-order valence-electron chi connectivity index (χ0n) is 20.2. The van der Waals surface area contributed by atoms with E-state index in [1.54, 1.807) is 0 Å². The number of aryl methyl sites for hydroxylation is 2. The molecule has 0 fully saturated rings. The molecule has 0 radical (unpaired) electrons. The minimum absolute atomic E-state index is 0.235. The van der Waals surface area contributed by atoms with Crippen LogP contribution in [0.3, 0.4) is 0 Å². The molecule has 0 aliphatic heterocycles. The lowest BCUT2D eigenvalue weighted by Gasteiger charge is -2.41. The lowest BCUT2D eigenvalue weighted by Crippen LogP contribution is -2.68. The summed E-state index contributed by atoms with van der Waals surface area (Å²) in [6, 6.07) is 47.0. The summed E-state index contributed by atoms with van der Waals surface area (Å²) >= 11 is 0. The quantitative estimate of drug-likeness (QED) is 0.279. The predicted octanol–water partition coefficient (Wildman–Crippen LogP) is 6.83. The number of hydrogen-bond acceptors (Lipinski definition) is 1. The van der Waals surface area contributed by atoms with Gasteiger partial charge in [0.25, 0.3) is 0 Å². The SMILES string of the molecule is Cc1cccc(C)c1N[Si](c1ccccc1)(c1ccccc1)C1c2ccccc2-c2ccccc21. The molecule has 0 amide bonds. The van der Waals surface area contributed by atoms with Crippen LogP contribution in [-0.4, -0.2) is 8.24 Å². The van der Waals surface area contributed by atoms with Crippen molar-refractivity contribution in [2.24, 2.45) is 0 Å². The maximum Gasteiger partial charge on any atom is 0.230 e. The Balaban J connectivity index is 1.73. The molecular formula is C33H29NSi. The van der Waals surface area contributed by atoms with Crippen LogP contribution < -0.4 is 15.4 Å². The maximum absolute atomic E-state index is 4.32. The summed E-state index contributed by atoms with van der Waals surface area (Å²) in [4.78, 5) is 4.32. The summed E-state index contributed by atoms with van der Waals surface area (Å²) in [7, 11) is -2.67. The average molecular weight is 468 g/mol. The third-order valence-corrected chi connectivity index (χ3v) is 12.1. The van der Waals surface area contributed by atoms with Gasteiger partial charge in [-0.3, -0.25) is 0 Å². The highest BCUT2D eigenvalue weighted by molar-refractivity contribution is 7.06. The summed E-state index contributed by atoms with van der Waals surface area (Å²) < 4.78 is 0. The first-order valence-electron chi connectivity index (χ1n) is 12.3. The van der Waals surface area contributed by atoms with Gasteiger partial charge in [0.15, 0.2) is 0 Å². The number of fused-ring (bicyclic) bond motifs is 3. The average Bonchev–Trinajstić information content (AvgIpc) is 3.25. The summed E-state index contributed by atoms with van der Waals surface area (Å²) in [5, 5.41) is 2.79. The first-order valence-corrected chi connectivity index (χ1v) is 14.4. The molecule has 2 heteroatoms. The molecule has 1 nitrogen and oxygen atoms in total. The lowest BCUT2D eigenvalue weighted by molar-refractivity contribution is 1.14. The van der Waals surface area contributed by atoms with Gasteiger partial charge in [-0.2, -0.15) is 0 Å². The van der Waals surface area contributed by atoms with Crippen molar-refractivity contribution in [3.8, 4) is 11.1 Å². The summed E-state index contributed by atoms with van der Waals surface area (Å²) in [5.41, 5.74) is 9.63. The monoisotopic (exact) mass is 467 g/mol. The van der Waals surface area contributed by atoms with Gasteiger partial charge in [-0.15, -0.1) is 0 Å². The Morgan fingerprint density at radius 2 is 0.914 bits per heavy atom. The van der Waals surface area contributed by atoms with Gasteiger partial charge in [-0.1, -0.05) is 127 Å². The molecule has 0 bridgehead atoms. The van der Waals surface area contributed by atoms with E-state index in [0.717, 1.165) is 0 Å². The molecule has 35 heavy (non-hydrogen) atoms. The topological polar surface area (TPSA) is 12.0 Å². The van der Waals surface area contributed by atoms with Crippen molar-refractivity contribution in [2.75, 3.05) is 4.98 Å². The highest BCUT2D eigenvalue weighted by Crippen LogP contribution is 2.48. The number of rotatable bonds is 5. The van der Waals surface area contributed by atoms with E-state index in [4.69, 9.17) is 0 Å². The fourth-order valence-corrected chi connectivity index (χ4v) is 11.0. The van der Waals surface area contributed by atoms with Gasteiger partial charge < -0.3 is 4.98 Å². The Bertz CT molecular complexity index is 1390. The van der Waals surface area contributed by atoms with Crippen LogP contribution in [0.4, 0.5) is 5.69 Å². The largest absolute Gasteiger partial charge is 0.402 e. The van der Waals surface area contributed by atoms with Gasteiger partial charge in [0.2, 0.25) is 8.24 Å². The molecule has 0 atom stereocenters. The normalized spacial score (nSPS) is 12.7. The second-order valence-corrected chi connectivity index (χ2v) is 13.1. The van der Waals surface area contributed by atoms with Gasteiger partial charge >= 0.3 is 0 Å². The zero-order valence-corrected chi connectivity index (χ0v) is 21.2. The molecule has 1 aliphatic rings. The first-order chi connectivity index (χ1) is 17.2. The van der Waals surface area contributed by atoms with Crippen molar-refractivity contribution in [3.63, 3.8) is 0 Å². The molecule has 170 valence electrons. The molecule has 0 unspecified atom stereocenters. The highest BCUT2D eigenvalue weighted by Gasteiger charge is 2.51. The van der Waals surface area contributed by atoms with Crippen molar-refractivity contribution >= 4 is 24.3 Å². The molecule has 0 spiro atoms. The van der Waals surface area contributed by atoms with Crippen LogP contribution in [0.5, 0.6) is 0 Å². The molecular weight excluding hydrogens is 438 g/mol. The summed E-state index contributed by atoms with van der Waals surface area (Å²) in [6.07, 6.45) is 0. The second kappa shape index (κ2) is 8.72. The van der Waals surface area contributed by atoms with E-state index in [2.05, 4.69) is 146 Å². The van der Waals surface area contributed by atoms with Crippen LogP contribution in [0, 0.1) is 13.8 Å². The minimum atomic E-state index is -2.67. The van der Waals surface area contributed by atoms with Crippen molar-refractivity contribution in [1.82, 2.24) is 0 Å². The third-order valence-electron chi connectivity index (χ3n) is 7.53. The molecule has 0 heterocycles. The smallest absolute Gasteiger partial charge is 0.230 e. The van der Waals surface area contributed by atoms with Crippen LogP contribution in [0.1, 0.15) is 27.8 Å². The van der Waals surface area contributed by atoms with Gasteiger partial charge in [-0.25, -0.2) is 0 Å². The summed E-state index contributed by atoms with van der Waals surface area (Å²) in [6.45, 7) is 4.45. The van der Waals surface area contributed by atoms with Gasteiger partial charge in [0.05, 0.1) is 0 Å². The molecule has 0 saturated heterocycles. The molecule has 1 N–H and O–H groups in total. The predicted molar refractivity (Wildman–Crippen MR) is 151 cm³/mol. The third kappa shape index (κ3) is 3.45. The van der Waals surface area contributed by atoms with E-state index in [0.29, 0.717) is 0 Å². The van der Waals surface area contributed by atoms with Crippen molar-refractivity contribution in [1.29, 1.82) is 0 Å². The molecule has 6 rings (SSSR count). The van der Waals surface area contributed by atoms with Gasteiger partial charge in [0.1, 0.15) is 0 Å². The van der Waals surface area contributed by atoms with E-state index in [9.17, 15) is 0 Å². The second-order valence-electron chi connectivity index (χ2n) is 9.54. The van der Waals surface area contributed by atoms with E-state index in [1.165, 1.54) is 49.4 Å².